The van der Waals surface area contributed by atoms with E-state index in [0.29, 0.717) is 23.0 Å². The molecule has 0 aliphatic carbocycles. The zero-order chi connectivity index (χ0) is 17.6. The predicted octanol–water partition coefficient (Wildman–Crippen LogP) is 3.62. The summed E-state index contributed by atoms with van der Waals surface area (Å²) in [5.74, 6) is 2.37. The summed E-state index contributed by atoms with van der Waals surface area (Å²) in [5.41, 5.74) is 3.45. The van der Waals surface area contributed by atoms with Gasteiger partial charge in [0.05, 0.1) is 29.5 Å². The summed E-state index contributed by atoms with van der Waals surface area (Å²) in [6, 6.07) is 9.70. The van der Waals surface area contributed by atoms with E-state index in [4.69, 9.17) is 4.52 Å². The molecule has 128 valence electrons. The van der Waals surface area contributed by atoms with Crippen LogP contribution in [0.4, 0.5) is 5.69 Å². The van der Waals surface area contributed by atoms with E-state index < -0.39 is 0 Å². The molecule has 0 aliphatic heterocycles. The Kier molecular flexibility index (Phi) is 5.45. The van der Waals surface area contributed by atoms with Gasteiger partial charge in [-0.15, -0.1) is 11.8 Å². The minimum Gasteiger partial charge on any atom is -0.361 e. The van der Waals surface area contributed by atoms with Crippen molar-refractivity contribution in [3.8, 4) is 11.4 Å². The van der Waals surface area contributed by atoms with Crippen LogP contribution in [0.25, 0.3) is 11.4 Å². The molecule has 0 saturated carbocycles. The quantitative estimate of drug-likeness (QED) is 0.728. The van der Waals surface area contributed by atoms with Crippen LogP contribution in [-0.4, -0.2) is 26.8 Å². The molecular formula is C18H18N4O2S. The number of anilines is 1. The number of hydrogen-bond acceptors (Lipinski definition) is 6. The average Bonchev–Trinajstić information content (AvgIpc) is 2.95. The second-order valence-electron chi connectivity index (χ2n) is 5.51. The van der Waals surface area contributed by atoms with E-state index >= 15 is 0 Å². The van der Waals surface area contributed by atoms with Crippen LogP contribution >= 0.6 is 11.8 Å². The van der Waals surface area contributed by atoms with Gasteiger partial charge in [0.2, 0.25) is 5.91 Å². The molecule has 25 heavy (non-hydrogen) atoms. The van der Waals surface area contributed by atoms with Gasteiger partial charge in [-0.3, -0.25) is 4.79 Å². The molecule has 0 atom stereocenters. The number of nitrogens with one attached hydrogen (secondary N) is 1. The van der Waals surface area contributed by atoms with Gasteiger partial charge in [0.1, 0.15) is 5.76 Å². The Balaban J connectivity index is 1.51. The summed E-state index contributed by atoms with van der Waals surface area (Å²) in [6.07, 6.45) is 3.23. The monoisotopic (exact) mass is 354 g/mol. The summed E-state index contributed by atoms with van der Waals surface area (Å²) >= 11 is 1.51. The summed E-state index contributed by atoms with van der Waals surface area (Å²) in [5, 5.41) is 6.72. The number of rotatable bonds is 6. The number of aryl methyl sites for hydroxylation is 2. The van der Waals surface area contributed by atoms with Crippen molar-refractivity contribution in [1.82, 2.24) is 15.1 Å². The van der Waals surface area contributed by atoms with Crippen LogP contribution in [0, 0.1) is 13.8 Å². The van der Waals surface area contributed by atoms with Crippen molar-refractivity contribution in [2.24, 2.45) is 0 Å². The first kappa shape index (κ1) is 17.2. The fourth-order valence-corrected chi connectivity index (χ4v) is 3.26. The van der Waals surface area contributed by atoms with E-state index in [1.54, 1.807) is 12.4 Å². The Hall–Kier alpha value is -2.67. The standard InChI is InChI=1S/C18H18N4O2S/c1-12-16(13(2)24-22-12)10-25-11-17(23)21-15-8-19-18(20-9-15)14-6-4-3-5-7-14/h3-9H,10-11H2,1-2H3,(H,21,23). The van der Waals surface area contributed by atoms with Crippen molar-refractivity contribution >= 4 is 23.4 Å². The number of aromatic nitrogens is 3. The van der Waals surface area contributed by atoms with Crippen LogP contribution in [0.1, 0.15) is 17.0 Å². The van der Waals surface area contributed by atoms with Gasteiger partial charge in [0.15, 0.2) is 5.82 Å². The Morgan fingerprint density at radius 2 is 1.88 bits per heavy atom. The highest BCUT2D eigenvalue weighted by Crippen LogP contribution is 2.20. The van der Waals surface area contributed by atoms with Gasteiger partial charge < -0.3 is 9.84 Å². The molecule has 0 fully saturated rings. The fraction of sp³-hybridized carbons (Fsp3) is 0.222. The van der Waals surface area contributed by atoms with Gasteiger partial charge in [-0.05, 0) is 13.8 Å². The summed E-state index contributed by atoms with van der Waals surface area (Å²) in [4.78, 5) is 20.6. The minimum absolute atomic E-state index is 0.0900. The van der Waals surface area contributed by atoms with Crippen molar-refractivity contribution in [2.45, 2.75) is 19.6 Å². The lowest BCUT2D eigenvalue weighted by atomic mass is 10.2. The maximum Gasteiger partial charge on any atom is 0.234 e. The van der Waals surface area contributed by atoms with Crippen molar-refractivity contribution in [2.75, 3.05) is 11.1 Å². The highest BCUT2D eigenvalue weighted by Gasteiger charge is 2.10. The Morgan fingerprint density at radius 3 is 2.52 bits per heavy atom. The lowest BCUT2D eigenvalue weighted by Gasteiger charge is -2.05. The first-order chi connectivity index (χ1) is 12.1. The third-order valence-corrected chi connectivity index (χ3v) is 4.59. The Morgan fingerprint density at radius 1 is 1.16 bits per heavy atom. The van der Waals surface area contributed by atoms with Crippen molar-refractivity contribution < 1.29 is 9.32 Å². The molecule has 7 heteroatoms. The lowest BCUT2D eigenvalue weighted by molar-refractivity contribution is -0.113. The van der Waals surface area contributed by atoms with Crippen molar-refractivity contribution in [1.29, 1.82) is 0 Å². The number of amides is 1. The molecule has 1 aromatic carbocycles. The normalized spacial score (nSPS) is 10.6. The summed E-state index contributed by atoms with van der Waals surface area (Å²) < 4.78 is 5.12. The molecule has 0 bridgehead atoms. The molecule has 0 radical (unpaired) electrons. The third kappa shape index (κ3) is 4.45. The maximum absolute atomic E-state index is 12.0. The topological polar surface area (TPSA) is 80.9 Å². The van der Waals surface area contributed by atoms with Crippen LogP contribution in [0.2, 0.25) is 0 Å². The van der Waals surface area contributed by atoms with Gasteiger partial charge in [-0.2, -0.15) is 0 Å². The first-order valence-electron chi connectivity index (χ1n) is 7.80. The highest BCUT2D eigenvalue weighted by molar-refractivity contribution is 7.99. The summed E-state index contributed by atoms with van der Waals surface area (Å²) in [6.45, 7) is 3.78. The average molecular weight is 354 g/mol. The van der Waals surface area contributed by atoms with E-state index in [0.717, 1.165) is 22.6 Å². The molecule has 2 aromatic heterocycles. The molecule has 0 unspecified atom stereocenters. The van der Waals surface area contributed by atoms with Gasteiger partial charge in [-0.25, -0.2) is 9.97 Å². The van der Waals surface area contributed by atoms with E-state index in [1.165, 1.54) is 11.8 Å². The molecule has 1 N–H and O–H groups in total. The maximum atomic E-state index is 12.0. The highest BCUT2D eigenvalue weighted by atomic mass is 32.2. The molecule has 3 rings (SSSR count). The number of carbonyl (C=O) groups is 1. The van der Waals surface area contributed by atoms with E-state index in [1.807, 2.05) is 44.2 Å². The molecule has 1 amide bonds. The van der Waals surface area contributed by atoms with E-state index in [9.17, 15) is 4.79 Å². The van der Waals surface area contributed by atoms with E-state index in [2.05, 4.69) is 20.4 Å². The van der Waals surface area contributed by atoms with Crippen LogP contribution < -0.4 is 5.32 Å². The van der Waals surface area contributed by atoms with E-state index in [-0.39, 0.29) is 5.91 Å². The number of benzene rings is 1. The van der Waals surface area contributed by atoms with Crippen LogP contribution in [-0.2, 0) is 10.5 Å². The molecule has 3 aromatic rings. The third-order valence-electron chi connectivity index (χ3n) is 3.63. The minimum atomic E-state index is -0.0900. The van der Waals surface area contributed by atoms with Crippen LogP contribution in [0.5, 0.6) is 0 Å². The molecule has 2 heterocycles. The van der Waals surface area contributed by atoms with Crippen LogP contribution in [0.3, 0.4) is 0 Å². The summed E-state index contributed by atoms with van der Waals surface area (Å²) in [7, 11) is 0. The predicted molar refractivity (Wildman–Crippen MR) is 98.2 cm³/mol. The second-order valence-corrected chi connectivity index (χ2v) is 6.49. The number of carbonyl (C=O) groups excluding carboxylic acids is 1. The SMILES string of the molecule is Cc1noc(C)c1CSCC(=O)Nc1cnc(-c2ccccc2)nc1. The fourth-order valence-electron chi connectivity index (χ4n) is 2.28. The number of nitrogens with zero attached hydrogens (tertiary/aromatic N) is 3. The smallest absolute Gasteiger partial charge is 0.234 e. The number of hydrogen-bond donors (Lipinski definition) is 1. The Labute approximate surface area is 150 Å². The first-order valence-corrected chi connectivity index (χ1v) is 8.96. The van der Waals surface area contributed by atoms with Gasteiger partial charge in [-0.1, -0.05) is 35.5 Å². The van der Waals surface area contributed by atoms with Crippen molar-refractivity contribution in [3.63, 3.8) is 0 Å². The van der Waals surface area contributed by atoms with Gasteiger partial charge in [0.25, 0.3) is 0 Å². The molecule has 6 nitrogen and oxygen atoms in total. The van der Waals surface area contributed by atoms with Gasteiger partial charge in [0, 0.05) is 16.9 Å². The molecule has 0 spiro atoms. The van der Waals surface area contributed by atoms with Crippen LogP contribution in [0.15, 0.2) is 47.2 Å². The van der Waals surface area contributed by atoms with Crippen molar-refractivity contribution in [3.05, 3.63) is 59.7 Å². The largest absolute Gasteiger partial charge is 0.361 e. The zero-order valence-corrected chi connectivity index (χ0v) is 14.8. The molecule has 0 saturated heterocycles. The zero-order valence-electron chi connectivity index (χ0n) is 14.0. The van der Waals surface area contributed by atoms with Gasteiger partial charge >= 0.3 is 0 Å². The second kappa shape index (κ2) is 7.94. The number of thioether (sulfide) groups is 1. The lowest BCUT2D eigenvalue weighted by Crippen LogP contribution is -2.14. The molecule has 0 aliphatic rings. The molecular weight excluding hydrogens is 336 g/mol. The Bertz CT molecular complexity index is 828.